The minimum absolute atomic E-state index is 0.349. The zero-order valence-electron chi connectivity index (χ0n) is 8.65. The van der Waals surface area contributed by atoms with Gasteiger partial charge in [-0.15, -0.1) is 0 Å². The lowest BCUT2D eigenvalue weighted by atomic mass is 9.81. The molecule has 70 valence electrons. The number of aryl methyl sites for hydroxylation is 1. The van der Waals surface area contributed by atoms with Crippen molar-refractivity contribution in [3.8, 4) is 0 Å². The van der Waals surface area contributed by atoms with E-state index in [1.54, 1.807) is 0 Å². The number of anilines is 1. The van der Waals surface area contributed by atoms with Crippen LogP contribution in [0, 0.1) is 6.92 Å². The standard InChI is InChI=1S/C12H17N/c1-4-12(3)8-13-11-6-5-9(2)7-10(11)12/h5-7,13H,4,8H2,1-3H3/t12-/m0/s1. The fourth-order valence-corrected chi connectivity index (χ4v) is 2.01. The summed E-state index contributed by atoms with van der Waals surface area (Å²) in [7, 11) is 0. The summed E-state index contributed by atoms with van der Waals surface area (Å²) in [5.74, 6) is 0. The number of rotatable bonds is 1. The molecular formula is C12H17N. The van der Waals surface area contributed by atoms with Crippen LogP contribution in [0.3, 0.4) is 0 Å². The van der Waals surface area contributed by atoms with Crippen molar-refractivity contribution < 1.29 is 0 Å². The van der Waals surface area contributed by atoms with Crippen molar-refractivity contribution in [3.63, 3.8) is 0 Å². The summed E-state index contributed by atoms with van der Waals surface area (Å²) in [6.07, 6.45) is 1.20. The van der Waals surface area contributed by atoms with E-state index in [0.29, 0.717) is 5.41 Å². The van der Waals surface area contributed by atoms with Crippen LogP contribution in [-0.2, 0) is 5.41 Å². The van der Waals surface area contributed by atoms with Crippen molar-refractivity contribution in [2.45, 2.75) is 32.6 Å². The molecule has 0 fully saturated rings. The highest BCUT2D eigenvalue weighted by atomic mass is 14.9. The van der Waals surface area contributed by atoms with Crippen molar-refractivity contribution in [1.82, 2.24) is 0 Å². The van der Waals surface area contributed by atoms with Crippen molar-refractivity contribution in [1.29, 1.82) is 0 Å². The maximum atomic E-state index is 3.47. The van der Waals surface area contributed by atoms with Crippen LogP contribution in [0.4, 0.5) is 5.69 Å². The van der Waals surface area contributed by atoms with E-state index in [2.05, 4.69) is 44.3 Å². The molecule has 0 aromatic heterocycles. The first-order valence-electron chi connectivity index (χ1n) is 5.01. The van der Waals surface area contributed by atoms with Crippen molar-refractivity contribution in [3.05, 3.63) is 29.3 Å². The minimum atomic E-state index is 0.349. The summed E-state index contributed by atoms with van der Waals surface area (Å²) < 4.78 is 0. The lowest BCUT2D eigenvalue weighted by Gasteiger charge is -2.21. The Bertz CT molecular complexity index is 330. The van der Waals surface area contributed by atoms with E-state index >= 15 is 0 Å². The number of fused-ring (bicyclic) bond motifs is 1. The van der Waals surface area contributed by atoms with Gasteiger partial charge in [0, 0.05) is 17.6 Å². The van der Waals surface area contributed by atoms with E-state index in [1.807, 2.05) is 0 Å². The van der Waals surface area contributed by atoms with Crippen LogP contribution in [-0.4, -0.2) is 6.54 Å². The molecule has 0 radical (unpaired) electrons. The van der Waals surface area contributed by atoms with Gasteiger partial charge in [-0.2, -0.15) is 0 Å². The Hall–Kier alpha value is -0.980. The Morgan fingerprint density at radius 2 is 2.23 bits per heavy atom. The Morgan fingerprint density at radius 3 is 2.92 bits per heavy atom. The Morgan fingerprint density at radius 1 is 1.46 bits per heavy atom. The molecule has 0 saturated carbocycles. The van der Waals surface area contributed by atoms with E-state index in [1.165, 1.54) is 23.2 Å². The van der Waals surface area contributed by atoms with Gasteiger partial charge in [-0.3, -0.25) is 0 Å². The van der Waals surface area contributed by atoms with Crippen molar-refractivity contribution in [2.24, 2.45) is 0 Å². The predicted octanol–water partition coefficient (Wildman–Crippen LogP) is 3.09. The third-order valence-corrected chi connectivity index (χ3v) is 3.27. The molecule has 0 amide bonds. The summed E-state index contributed by atoms with van der Waals surface area (Å²) in [6, 6.07) is 6.69. The number of benzene rings is 1. The van der Waals surface area contributed by atoms with Gasteiger partial charge in [0.1, 0.15) is 0 Å². The lowest BCUT2D eigenvalue weighted by molar-refractivity contribution is 0.504. The third-order valence-electron chi connectivity index (χ3n) is 3.27. The molecule has 13 heavy (non-hydrogen) atoms. The molecule has 1 heteroatoms. The highest BCUT2D eigenvalue weighted by molar-refractivity contribution is 5.61. The third kappa shape index (κ3) is 1.23. The van der Waals surface area contributed by atoms with Gasteiger partial charge in [0.15, 0.2) is 0 Å². The monoisotopic (exact) mass is 175 g/mol. The van der Waals surface area contributed by atoms with Gasteiger partial charge in [0.2, 0.25) is 0 Å². The molecule has 2 rings (SSSR count). The van der Waals surface area contributed by atoms with Crippen LogP contribution in [0.15, 0.2) is 18.2 Å². The Kier molecular flexibility index (Phi) is 1.83. The van der Waals surface area contributed by atoms with Crippen LogP contribution in [0.2, 0.25) is 0 Å². The molecule has 1 aromatic rings. The predicted molar refractivity (Wildman–Crippen MR) is 57.3 cm³/mol. The fraction of sp³-hybridized carbons (Fsp3) is 0.500. The second-order valence-electron chi connectivity index (χ2n) is 4.32. The Balaban J connectivity index is 2.52. The van der Waals surface area contributed by atoms with Crippen LogP contribution < -0.4 is 5.32 Å². The summed E-state index contributed by atoms with van der Waals surface area (Å²) >= 11 is 0. The SMILES string of the molecule is CC[C@@]1(C)CNc2ccc(C)cc21. The zero-order chi connectivity index (χ0) is 9.47. The fourth-order valence-electron chi connectivity index (χ4n) is 2.01. The van der Waals surface area contributed by atoms with E-state index in [4.69, 9.17) is 0 Å². The van der Waals surface area contributed by atoms with Gasteiger partial charge in [0.05, 0.1) is 0 Å². The molecule has 1 heterocycles. The molecule has 1 aliphatic heterocycles. The van der Waals surface area contributed by atoms with E-state index < -0.39 is 0 Å². The van der Waals surface area contributed by atoms with Gasteiger partial charge in [0.25, 0.3) is 0 Å². The molecule has 0 unspecified atom stereocenters. The Labute approximate surface area is 80.2 Å². The molecule has 1 aliphatic rings. The van der Waals surface area contributed by atoms with Gasteiger partial charge < -0.3 is 5.32 Å². The van der Waals surface area contributed by atoms with Gasteiger partial charge >= 0.3 is 0 Å². The largest absolute Gasteiger partial charge is 0.384 e. The van der Waals surface area contributed by atoms with Crippen LogP contribution in [0.5, 0.6) is 0 Å². The quantitative estimate of drug-likeness (QED) is 0.691. The molecule has 1 aromatic carbocycles. The van der Waals surface area contributed by atoms with Gasteiger partial charge in [-0.1, -0.05) is 31.5 Å². The molecule has 1 atom stereocenters. The average Bonchev–Trinajstić information content (AvgIpc) is 2.45. The van der Waals surface area contributed by atoms with Crippen molar-refractivity contribution >= 4 is 5.69 Å². The molecule has 0 bridgehead atoms. The average molecular weight is 175 g/mol. The number of nitrogens with one attached hydrogen (secondary N) is 1. The maximum absolute atomic E-state index is 3.47. The first kappa shape index (κ1) is 8.61. The lowest BCUT2D eigenvalue weighted by Crippen LogP contribution is -2.22. The summed E-state index contributed by atoms with van der Waals surface area (Å²) in [4.78, 5) is 0. The molecule has 0 saturated heterocycles. The summed E-state index contributed by atoms with van der Waals surface area (Å²) in [5.41, 5.74) is 4.54. The molecular weight excluding hydrogens is 158 g/mol. The highest BCUT2D eigenvalue weighted by Crippen LogP contribution is 2.39. The van der Waals surface area contributed by atoms with E-state index in [9.17, 15) is 0 Å². The van der Waals surface area contributed by atoms with E-state index in [0.717, 1.165) is 6.54 Å². The minimum Gasteiger partial charge on any atom is -0.384 e. The molecule has 0 spiro atoms. The van der Waals surface area contributed by atoms with Crippen LogP contribution >= 0.6 is 0 Å². The first-order valence-corrected chi connectivity index (χ1v) is 5.01. The van der Waals surface area contributed by atoms with Gasteiger partial charge in [-0.05, 0) is 25.0 Å². The zero-order valence-corrected chi connectivity index (χ0v) is 8.65. The smallest absolute Gasteiger partial charge is 0.0379 e. The molecule has 1 nitrogen and oxygen atoms in total. The van der Waals surface area contributed by atoms with Crippen LogP contribution in [0.1, 0.15) is 31.4 Å². The second kappa shape index (κ2) is 2.76. The summed E-state index contributed by atoms with van der Waals surface area (Å²) in [6.45, 7) is 7.85. The van der Waals surface area contributed by atoms with Crippen molar-refractivity contribution in [2.75, 3.05) is 11.9 Å². The van der Waals surface area contributed by atoms with Crippen LogP contribution in [0.25, 0.3) is 0 Å². The topological polar surface area (TPSA) is 12.0 Å². The van der Waals surface area contributed by atoms with Gasteiger partial charge in [-0.25, -0.2) is 0 Å². The number of hydrogen-bond acceptors (Lipinski definition) is 1. The molecule has 0 aliphatic carbocycles. The normalized spacial score (nSPS) is 25.5. The number of hydrogen-bond donors (Lipinski definition) is 1. The van der Waals surface area contributed by atoms with E-state index in [-0.39, 0.29) is 0 Å². The maximum Gasteiger partial charge on any atom is 0.0379 e. The first-order chi connectivity index (χ1) is 6.15. The second-order valence-corrected chi connectivity index (χ2v) is 4.32. The molecule has 1 N–H and O–H groups in total. The highest BCUT2D eigenvalue weighted by Gasteiger charge is 2.32. The summed E-state index contributed by atoms with van der Waals surface area (Å²) in [5, 5.41) is 3.47.